The van der Waals surface area contributed by atoms with Gasteiger partial charge in [-0.15, -0.1) is 11.8 Å². The number of rotatable bonds is 2. The number of carbonyl (C=O) groups excluding carboxylic acids is 1. The van der Waals surface area contributed by atoms with E-state index >= 15 is 0 Å². The summed E-state index contributed by atoms with van der Waals surface area (Å²) in [6.07, 6.45) is 0. The molecule has 20 heavy (non-hydrogen) atoms. The lowest BCUT2D eigenvalue weighted by atomic mass is 10.2. The third kappa shape index (κ3) is 2.80. The van der Waals surface area contributed by atoms with Crippen LogP contribution in [-0.4, -0.2) is 18.3 Å². The fourth-order valence-corrected chi connectivity index (χ4v) is 3.24. The first kappa shape index (κ1) is 13.1. The molecule has 0 fully saturated rings. The molecule has 1 N–H and O–H groups in total. The lowest BCUT2D eigenvalue weighted by Gasteiger charge is -2.29. The molecule has 0 unspecified atom stereocenters. The second-order valence-corrected chi connectivity index (χ2v) is 5.75. The molecule has 0 saturated heterocycles. The largest absolute Gasteiger partial charge is 0.334 e. The highest BCUT2D eigenvalue weighted by Gasteiger charge is 2.22. The van der Waals surface area contributed by atoms with Gasteiger partial charge in [0.05, 0.1) is 5.69 Å². The van der Waals surface area contributed by atoms with Crippen LogP contribution >= 0.6 is 11.8 Å². The van der Waals surface area contributed by atoms with Gasteiger partial charge in [-0.1, -0.05) is 42.5 Å². The molecule has 0 saturated carbocycles. The van der Waals surface area contributed by atoms with Gasteiger partial charge in [0.25, 0.3) is 0 Å². The van der Waals surface area contributed by atoms with E-state index in [2.05, 4.69) is 11.4 Å². The van der Waals surface area contributed by atoms with Crippen molar-refractivity contribution in [2.45, 2.75) is 11.4 Å². The van der Waals surface area contributed by atoms with Gasteiger partial charge in [0.15, 0.2) is 0 Å². The van der Waals surface area contributed by atoms with Crippen LogP contribution in [0, 0.1) is 0 Å². The third-order valence-electron chi connectivity index (χ3n) is 3.26. The summed E-state index contributed by atoms with van der Waals surface area (Å²) in [5, 5.41) is 2.99. The summed E-state index contributed by atoms with van der Waals surface area (Å²) in [7, 11) is 0. The van der Waals surface area contributed by atoms with Crippen LogP contribution in [0.1, 0.15) is 5.56 Å². The topological polar surface area (TPSA) is 32.3 Å². The number of nitrogens with one attached hydrogen (secondary N) is 1. The molecule has 2 amide bonds. The molecular formula is C16H16N2OS. The van der Waals surface area contributed by atoms with Gasteiger partial charge in [0.2, 0.25) is 0 Å². The molecule has 0 aromatic heterocycles. The van der Waals surface area contributed by atoms with Gasteiger partial charge in [-0.3, -0.25) is 4.90 Å². The van der Waals surface area contributed by atoms with E-state index in [0.29, 0.717) is 6.54 Å². The lowest BCUT2D eigenvalue weighted by Crippen LogP contribution is -2.42. The number of nitrogens with zero attached hydrogens (tertiary/aromatic N) is 1. The molecule has 0 radical (unpaired) electrons. The van der Waals surface area contributed by atoms with E-state index in [4.69, 9.17) is 0 Å². The number of fused-ring (bicyclic) bond motifs is 1. The molecular weight excluding hydrogens is 268 g/mol. The van der Waals surface area contributed by atoms with Crippen LogP contribution in [0.5, 0.6) is 0 Å². The molecule has 1 heterocycles. The average Bonchev–Trinajstić information content (AvgIpc) is 2.53. The van der Waals surface area contributed by atoms with Gasteiger partial charge in [-0.2, -0.15) is 0 Å². The Morgan fingerprint density at radius 2 is 1.85 bits per heavy atom. The summed E-state index contributed by atoms with van der Waals surface area (Å²) in [4.78, 5) is 15.3. The Balaban J connectivity index is 1.69. The molecule has 2 aromatic rings. The number of benzene rings is 2. The molecule has 3 nitrogen and oxygen atoms in total. The second-order valence-electron chi connectivity index (χ2n) is 4.61. The monoisotopic (exact) mass is 284 g/mol. The maximum absolute atomic E-state index is 12.3. The van der Waals surface area contributed by atoms with Crippen molar-refractivity contribution in [3.63, 3.8) is 0 Å². The fourth-order valence-electron chi connectivity index (χ4n) is 2.25. The van der Waals surface area contributed by atoms with Crippen molar-refractivity contribution in [2.75, 3.05) is 17.2 Å². The van der Waals surface area contributed by atoms with Crippen LogP contribution in [0.15, 0.2) is 59.5 Å². The molecule has 3 rings (SSSR count). The number of hydrogen-bond acceptors (Lipinski definition) is 2. The summed E-state index contributed by atoms with van der Waals surface area (Å²) in [6, 6.07) is 18.0. The van der Waals surface area contributed by atoms with Crippen LogP contribution < -0.4 is 10.2 Å². The van der Waals surface area contributed by atoms with Crippen molar-refractivity contribution < 1.29 is 4.79 Å². The van der Waals surface area contributed by atoms with Crippen LogP contribution in [0.25, 0.3) is 0 Å². The summed E-state index contributed by atoms with van der Waals surface area (Å²) >= 11 is 1.80. The average molecular weight is 284 g/mol. The minimum Gasteiger partial charge on any atom is -0.334 e. The number of para-hydroxylation sites is 1. The summed E-state index contributed by atoms with van der Waals surface area (Å²) in [6.45, 7) is 1.31. The smallest absolute Gasteiger partial charge is 0.322 e. The van der Waals surface area contributed by atoms with Crippen molar-refractivity contribution in [1.29, 1.82) is 0 Å². The Hall–Kier alpha value is -1.94. The summed E-state index contributed by atoms with van der Waals surface area (Å²) < 4.78 is 0. The van der Waals surface area contributed by atoms with Gasteiger partial charge in [-0.05, 0) is 17.7 Å². The van der Waals surface area contributed by atoms with Crippen molar-refractivity contribution >= 4 is 23.5 Å². The minimum atomic E-state index is -0.0263. The predicted molar refractivity (Wildman–Crippen MR) is 83.2 cm³/mol. The van der Waals surface area contributed by atoms with Gasteiger partial charge < -0.3 is 5.32 Å². The number of carbonyl (C=O) groups is 1. The van der Waals surface area contributed by atoms with E-state index in [1.54, 1.807) is 11.8 Å². The molecule has 0 bridgehead atoms. The normalized spacial score (nSPS) is 13.7. The van der Waals surface area contributed by atoms with Crippen molar-refractivity contribution in [3.05, 3.63) is 60.2 Å². The summed E-state index contributed by atoms with van der Waals surface area (Å²) in [5.74, 6) is 0.940. The van der Waals surface area contributed by atoms with Crippen LogP contribution in [0.2, 0.25) is 0 Å². The first-order valence-corrected chi connectivity index (χ1v) is 7.64. The first-order valence-electron chi connectivity index (χ1n) is 6.66. The van der Waals surface area contributed by atoms with Crippen LogP contribution in [0.4, 0.5) is 10.5 Å². The van der Waals surface area contributed by atoms with E-state index in [-0.39, 0.29) is 6.03 Å². The highest BCUT2D eigenvalue weighted by Crippen LogP contribution is 2.34. The molecule has 2 aromatic carbocycles. The Morgan fingerprint density at radius 1 is 1.10 bits per heavy atom. The number of thioether (sulfide) groups is 1. The molecule has 1 aliphatic heterocycles. The van der Waals surface area contributed by atoms with Gasteiger partial charge >= 0.3 is 6.03 Å². The van der Waals surface area contributed by atoms with Crippen molar-refractivity contribution in [1.82, 2.24) is 5.32 Å². The maximum Gasteiger partial charge on any atom is 0.322 e. The highest BCUT2D eigenvalue weighted by molar-refractivity contribution is 7.99. The number of urea groups is 1. The molecule has 102 valence electrons. The predicted octanol–water partition coefficient (Wildman–Crippen LogP) is 3.51. The van der Waals surface area contributed by atoms with Crippen LogP contribution in [-0.2, 0) is 6.54 Å². The van der Waals surface area contributed by atoms with Crippen LogP contribution in [0.3, 0.4) is 0 Å². The van der Waals surface area contributed by atoms with E-state index in [1.807, 2.05) is 53.4 Å². The highest BCUT2D eigenvalue weighted by atomic mass is 32.2. The zero-order chi connectivity index (χ0) is 13.8. The van der Waals surface area contributed by atoms with Crippen molar-refractivity contribution in [2.24, 2.45) is 0 Å². The standard InChI is InChI=1S/C16H16N2OS/c19-16(17-12-13-6-2-1-3-7-13)18-10-11-20-15-9-5-4-8-14(15)18/h1-9H,10-12H2,(H,17,19). The second kappa shape index (κ2) is 6.01. The van der Waals surface area contributed by atoms with E-state index < -0.39 is 0 Å². The number of hydrogen-bond donors (Lipinski definition) is 1. The Kier molecular flexibility index (Phi) is 3.92. The van der Waals surface area contributed by atoms with E-state index in [0.717, 1.165) is 23.5 Å². The molecule has 0 spiro atoms. The van der Waals surface area contributed by atoms with E-state index in [1.165, 1.54) is 4.90 Å². The molecule has 0 atom stereocenters. The Labute approximate surface area is 123 Å². The first-order chi connectivity index (χ1) is 9.84. The zero-order valence-electron chi connectivity index (χ0n) is 11.1. The SMILES string of the molecule is O=C(NCc1ccccc1)N1CCSc2ccccc21. The van der Waals surface area contributed by atoms with Gasteiger partial charge in [-0.25, -0.2) is 4.79 Å². The van der Waals surface area contributed by atoms with E-state index in [9.17, 15) is 4.79 Å². The summed E-state index contributed by atoms with van der Waals surface area (Å²) in [5.41, 5.74) is 2.12. The zero-order valence-corrected chi connectivity index (χ0v) is 11.9. The Morgan fingerprint density at radius 3 is 2.70 bits per heavy atom. The molecule has 4 heteroatoms. The van der Waals surface area contributed by atoms with Gasteiger partial charge in [0, 0.05) is 23.7 Å². The fraction of sp³-hybridized carbons (Fsp3) is 0.188. The lowest BCUT2D eigenvalue weighted by molar-refractivity contribution is 0.246. The van der Waals surface area contributed by atoms with Gasteiger partial charge in [0.1, 0.15) is 0 Å². The van der Waals surface area contributed by atoms with Crippen molar-refractivity contribution in [3.8, 4) is 0 Å². The quantitative estimate of drug-likeness (QED) is 0.915. The maximum atomic E-state index is 12.3. The third-order valence-corrected chi connectivity index (χ3v) is 4.30. The minimum absolute atomic E-state index is 0.0263. The number of anilines is 1. The Bertz CT molecular complexity index is 600. The number of amides is 2. The molecule has 1 aliphatic rings. The molecule has 0 aliphatic carbocycles.